The second-order valence-electron chi connectivity index (χ2n) is 5.27. The molecule has 0 bridgehead atoms. The molecule has 0 fully saturated rings. The lowest BCUT2D eigenvalue weighted by atomic mass is 9.95. The van der Waals surface area contributed by atoms with Crippen LogP contribution in [0.5, 0.6) is 0 Å². The minimum atomic E-state index is -3.47. The number of sulfonamides is 1. The first kappa shape index (κ1) is 17.1. The summed E-state index contributed by atoms with van der Waals surface area (Å²) < 4.78 is 27.2. The van der Waals surface area contributed by atoms with Gasteiger partial charge in [0.15, 0.2) is 0 Å². The van der Waals surface area contributed by atoms with Crippen LogP contribution in [0, 0.1) is 6.92 Å². The summed E-state index contributed by atoms with van der Waals surface area (Å²) in [6.45, 7) is 2.33. The van der Waals surface area contributed by atoms with Gasteiger partial charge >= 0.3 is 0 Å². The molecule has 0 aliphatic rings. The molecule has 2 N–H and O–H groups in total. The minimum Gasteiger partial charge on any atom is -0.396 e. The predicted molar refractivity (Wildman–Crippen MR) is 89.7 cm³/mol. The Morgan fingerprint density at radius 3 is 2.73 bits per heavy atom. The van der Waals surface area contributed by atoms with Crippen molar-refractivity contribution in [3.63, 3.8) is 0 Å². The van der Waals surface area contributed by atoms with Crippen molar-refractivity contribution in [1.82, 2.24) is 4.72 Å². The Kier molecular flexibility index (Phi) is 6.14. The van der Waals surface area contributed by atoms with Gasteiger partial charge in [-0.3, -0.25) is 0 Å². The number of aliphatic hydroxyl groups is 1. The standard InChI is InChI=1S/C16H21NO3S2/c1-13-3-2-4-16(11-13)22(19,20)17-8-5-14(6-9-18)15-7-10-21-12-15/h2-4,7,10-12,14,17-18H,5-6,8-9H2,1H3. The molecule has 6 heteroatoms. The molecule has 1 atom stereocenters. The van der Waals surface area contributed by atoms with Crippen molar-refractivity contribution < 1.29 is 13.5 Å². The van der Waals surface area contributed by atoms with E-state index in [-0.39, 0.29) is 12.5 Å². The van der Waals surface area contributed by atoms with Gasteiger partial charge in [0.05, 0.1) is 4.90 Å². The van der Waals surface area contributed by atoms with Crippen LogP contribution in [-0.4, -0.2) is 26.7 Å². The van der Waals surface area contributed by atoms with Gasteiger partial charge in [-0.15, -0.1) is 0 Å². The summed E-state index contributed by atoms with van der Waals surface area (Å²) in [5.41, 5.74) is 2.08. The Morgan fingerprint density at radius 1 is 1.27 bits per heavy atom. The maximum Gasteiger partial charge on any atom is 0.240 e. The highest BCUT2D eigenvalue weighted by Crippen LogP contribution is 2.25. The monoisotopic (exact) mass is 339 g/mol. The van der Waals surface area contributed by atoms with Gasteiger partial charge in [0.25, 0.3) is 0 Å². The van der Waals surface area contributed by atoms with Gasteiger partial charge in [-0.05, 0) is 65.8 Å². The molecule has 1 aromatic heterocycles. The van der Waals surface area contributed by atoms with Crippen LogP contribution >= 0.6 is 11.3 Å². The van der Waals surface area contributed by atoms with Crippen LogP contribution in [0.3, 0.4) is 0 Å². The number of hydrogen-bond donors (Lipinski definition) is 2. The molecular formula is C16H21NO3S2. The van der Waals surface area contributed by atoms with E-state index < -0.39 is 10.0 Å². The number of benzene rings is 1. The second-order valence-corrected chi connectivity index (χ2v) is 7.82. The molecule has 2 rings (SSSR count). The van der Waals surface area contributed by atoms with E-state index in [2.05, 4.69) is 10.1 Å². The molecule has 0 radical (unpaired) electrons. The molecule has 0 aliphatic carbocycles. The fourth-order valence-electron chi connectivity index (χ4n) is 2.37. The van der Waals surface area contributed by atoms with Gasteiger partial charge in [0, 0.05) is 13.2 Å². The lowest BCUT2D eigenvalue weighted by Crippen LogP contribution is -2.26. The van der Waals surface area contributed by atoms with E-state index in [1.807, 2.05) is 24.4 Å². The summed E-state index contributed by atoms with van der Waals surface area (Å²) in [6.07, 6.45) is 1.31. The summed E-state index contributed by atoms with van der Waals surface area (Å²) in [4.78, 5) is 0.293. The summed E-state index contributed by atoms with van der Waals surface area (Å²) in [5, 5.41) is 13.2. The number of thiophene rings is 1. The van der Waals surface area contributed by atoms with Crippen LogP contribution in [-0.2, 0) is 10.0 Å². The third-order valence-corrected chi connectivity index (χ3v) is 5.74. The lowest BCUT2D eigenvalue weighted by Gasteiger charge is -2.15. The highest BCUT2D eigenvalue weighted by atomic mass is 32.2. The number of aliphatic hydroxyl groups excluding tert-OH is 1. The lowest BCUT2D eigenvalue weighted by molar-refractivity contribution is 0.273. The maximum atomic E-state index is 12.3. The van der Waals surface area contributed by atoms with Crippen molar-refractivity contribution in [3.8, 4) is 0 Å². The zero-order valence-corrected chi connectivity index (χ0v) is 14.2. The molecule has 0 amide bonds. The van der Waals surface area contributed by atoms with Crippen molar-refractivity contribution in [2.24, 2.45) is 0 Å². The first-order valence-electron chi connectivity index (χ1n) is 7.22. The predicted octanol–water partition coefficient (Wildman–Crippen LogP) is 2.89. The average molecular weight is 339 g/mol. The molecule has 0 saturated carbocycles. The normalized spacial score (nSPS) is 13.2. The molecule has 1 aromatic carbocycles. The van der Waals surface area contributed by atoms with Crippen LogP contribution in [0.1, 0.15) is 29.9 Å². The van der Waals surface area contributed by atoms with Crippen molar-refractivity contribution in [2.45, 2.75) is 30.6 Å². The van der Waals surface area contributed by atoms with Crippen molar-refractivity contribution >= 4 is 21.4 Å². The molecule has 2 aromatic rings. The third-order valence-electron chi connectivity index (χ3n) is 3.58. The Morgan fingerprint density at radius 2 is 2.09 bits per heavy atom. The van der Waals surface area contributed by atoms with Gasteiger partial charge < -0.3 is 5.11 Å². The first-order valence-corrected chi connectivity index (χ1v) is 9.65. The molecule has 0 aliphatic heterocycles. The summed E-state index contributed by atoms with van der Waals surface area (Å²) >= 11 is 1.61. The van der Waals surface area contributed by atoms with Crippen molar-refractivity contribution in [3.05, 3.63) is 52.2 Å². The van der Waals surface area contributed by atoms with E-state index in [0.717, 1.165) is 11.1 Å². The summed E-state index contributed by atoms with van der Waals surface area (Å²) in [7, 11) is -3.47. The summed E-state index contributed by atoms with van der Waals surface area (Å²) in [6, 6.07) is 8.89. The fourth-order valence-corrected chi connectivity index (χ4v) is 4.27. The zero-order valence-electron chi connectivity index (χ0n) is 12.5. The first-order chi connectivity index (χ1) is 10.5. The third kappa shape index (κ3) is 4.64. The number of aryl methyl sites for hydroxylation is 1. The van der Waals surface area contributed by atoms with E-state index in [0.29, 0.717) is 24.3 Å². The van der Waals surface area contributed by atoms with E-state index in [1.165, 1.54) is 0 Å². The van der Waals surface area contributed by atoms with Crippen LogP contribution in [0.4, 0.5) is 0 Å². The molecule has 0 spiro atoms. The zero-order chi connectivity index (χ0) is 16.0. The molecule has 1 unspecified atom stereocenters. The molecule has 4 nitrogen and oxygen atoms in total. The van der Waals surface area contributed by atoms with Crippen molar-refractivity contribution in [2.75, 3.05) is 13.2 Å². The highest BCUT2D eigenvalue weighted by molar-refractivity contribution is 7.89. The molecular weight excluding hydrogens is 318 g/mol. The minimum absolute atomic E-state index is 0.102. The van der Waals surface area contributed by atoms with Crippen LogP contribution in [0.25, 0.3) is 0 Å². The Hall–Kier alpha value is -1.21. The smallest absolute Gasteiger partial charge is 0.240 e. The molecule has 1 heterocycles. The van der Waals surface area contributed by atoms with Crippen LogP contribution in [0.15, 0.2) is 46.0 Å². The van der Waals surface area contributed by atoms with Gasteiger partial charge in [-0.2, -0.15) is 11.3 Å². The fraction of sp³-hybridized carbons (Fsp3) is 0.375. The Balaban J connectivity index is 1.97. The van der Waals surface area contributed by atoms with E-state index in [4.69, 9.17) is 5.11 Å². The van der Waals surface area contributed by atoms with Crippen LogP contribution < -0.4 is 4.72 Å². The topological polar surface area (TPSA) is 66.4 Å². The van der Waals surface area contributed by atoms with Gasteiger partial charge in [0.1, 0.15) is 0 Å². The van der Waals surface area contributed by atoms with Gasteiger partial charge in [-0.1, -0.05) is 12.1 Å². The summed E-state index contributed by atoms with van der Waals surface area (Å²) in [5.74, 6) is 0.177. The van der Waals surface area contributed by atoms with Crippen molar-refractivity contribution in [1.29, 1.82) is 0 Å². The Labute approximate surface area is 135 Å². The van der Waals surface area contributed by atoms with Gasteiger partial charge in [0.2, 0.25) is 10.0 Å². The van der Waals surface area contributed by atoms with E-state index >= 15 is 0 Å². The quantitative estimate of drug-likeness (QED) is 0.777. The second kappa shape index (κ2) is 7.87. The molecule has 22 heavy (non-hydrogen) atoms. The van der Waals surface area contributed by atoms with Crippen LogP contribution in [0.2, 0.25) is 0 Å². The largest absolute Gasteiger partial charge is 0.396 e. The Bertz CT molecular complexity index is 681. The maximum absolute atomic E-state index is 12.3. The molecule has 120 valence electrons. The van der Waals surface area contributed by atoms with E-state index in [1.54, 1.807) is 29.5 Å². The number of rotatable bonds is 8. The number of nitrogens with one attached hydrogen (secondary N) is 1. The van der Waals surface area contributed by atoms with Gasteiger partial charge in [-0.25, -0.2) is 13.1 Å². The molecule has 0 saturated heterocycles. The average Bonchev–Trinajstić information content (AvgIpc) is 3.00. The SMILES string of the molecule is Cc1cccc(S(=O)(=O)NCCC(CCO)c2ccsc2)c1. The highest BCUT2D eigenvalue weighted by Gasteiger charge is 2.16. The van der Waals surface area contributed by atoms with E-state index in [9.17, 15) is 8.42 Å². The number of hydrogen-bond acceptors (Lipinski definition) is 4.